The lowest BCUT2D eigenvalue weighted by Gasteiger charge is -2.13. The first-order chi connectivity index (χ1) is 20.9. The van der Waals surface area contributed by atoms with E-state index in [1.165, 1.54) is 53.3 Å². The minimum atomic E-state index is -0.190. The van der Waals surface area contributed by atoms with Crippen LogP contribution in [0.15, 0.2) is 106 Å². The fourth-order valence-electron chi connectivity index (χ4n) is 5.12. The van der Waals surface area contributed by atoms with E-state index in [1.807, 2.05) is 0 Å². The first-order valence-electron chi connectivity index (χ1n) is 14.1. The number of nitrogens with zero attached hydrogens (tertiary/aromatic N) is 1. The summed E-state index contributed by atoms with van der Waals surface area (Å²) in [5.74, 6) is 0.784. The fourth-order valence-corrected chi connectivity index (χ4v) is 5.12. The largest absolute Gasteiger partial charge is 0.504 e. The Morgan fingerprint density at radius 3 is 1.98 bits per heavy atom. The summed E-state index contributed by atoms with van der Waals surface area (Å²) in [6.45, 7) is 1.07. The zero-order valence-electron chi connectivity index (χ0n) is 25.2. The summed E-state index contributed by atoms with van der Waals surface area (Å²) in [5.41, 5.74) is 7.80. The van der Waals surface area contributed by atoms with E-state index in [1.54, 1.807) is 31.4 Å². The highest BCUT2D eigenvalue weighted by molar-refractivity contribution is 5.93. The maximum Gasteiger partial charge on any atom is 0.204 e. The SMILES string of the molecule is CN(C)CCC=C1c2ccccc2C=Cc2ccccc21.COc1ccc(-c2coc3c(OC)c(O)ccc3c2=O)cc1.Cl. The summed E-state index contributed by atoms with van der Waals surface area (Å²) in [4.78, 5) is 14.9. The number of ether oxygens (including phenoxy) is 2. The summed E-state index contributed by atoms with van der Waals surface area (Å²) >= 11 is 0. The van der Waals surface area contributed by atoms with Crippen LogP contribution < -0.4 is 14.9 Å². The lowest BCUT2D eigenvalue weighted by molar-refractivity contribution is 0.370. The number of phenolic OH excluding ortho intramolecular Hbond substituents is 1. The second-order valence-corrected chi connectivity index (χ2v) is 10.4. The van der Waals surface area contributed by atoms with Crippen LogP contribution in [0.3, 0.4) is 0 Å². The van der Waals surface area contributed by atoms with Crippen molar-refractivity contribution < 1.29 is 19.0 Å². The first kappa shape index (κ1) is 32.1. The zero-order chi connectivity index (χ0) is 30.3. The van der Waals surface area contributed by atoms with Crippen molar-refractivity contribution in [1.29, 1.82) is 0 Å². The van der Waals surface area contributed by atoms with E-state index in [2.05, 4.69) is 85.8 Å². The molecule has 0 saturated carbocycles. The Morgan fingerprint density at radius 2 is 1.41 bits per heavy atom. The fraction of sp³-hybridized carbons (Fsp3) is 0.162. The quantitative estimate of drug-likeness (QED) is 0.205. The molecule has 4 aromatic carbocycles. The van der Waals surface area contributed by atoms with E-state index in [9.17, 15) is 9.90 Å². The standard InChI is InChI=1S/C20H21N.C17H14O5.ClH/c1-21(2)15-7-12-20-18-10-5-3-8-16(18)13-14-17-9-4-6-11-19(17)20;1-20-11-5-3-10(4-6-11)13-9-22-16-12(15(13)19)7-8-14(18)17(16)21-2;/h3-6,8-14H,7,15H2,1-2H3;3-9,18H,1-2H3;1H. The Labute approximate surface area is 263 Å². The Hall–Kier alpha value is -4.78. The first-order valence-corrected chi connectivity index (χ1v) is 14.1. The number of methoxy groups -OCH3 is 2. The molecule has 6 rings (SSSR count). The summed E-state index contributed by atoms with van der Waals surface area (Å²) in [6.07, 6.45) is 9.26. The molecule has 7 heteroatoms. The monoisotopic (exact) mass is 609 g/mol. The molecule has 0 amide bonds. The molecule has 1 aliphatic carbocycles. The van der Waals surface area contributed by atoms with E-state index >= 15 is 0 Å². The van der Waals surface area contributed by atoms with Crippen LogP contribution in [0.4, 0.5) is 0 Å². The second-order valence-electron chi connectivity index (χ2n) is 10.4. The number of phenols is 1. The maximum atomic E-state index is 12.6. The van der Waals surface area contributed by atoms with Crippen molar-refractivity contribution in [3.63, 3.8) is 0 Å². The molecule has 1 aromatic heterocycles. The van der Waals surface area contributed by atoms with Gasteiger partial charge in [0, 0.05) is 6.54 Å². The van der Waals surface area contributed by atoms with Crippen molar-refractivity contribution in [3.8, 4) is 28.4 Å². The molecule has 1 heterocycles. The maximum absolute atomic E-state index is 12.6. The Bertz CT molecular complexity index is 1800. The van der Waals surface area contributed by atoms with Crippen molar-refractivity contribution in [2.45, 2.75) is 6.42 Å². The van der Waals surface area contributed by atoms with Crippen LogP contribution in [0, 0.1) is 0 Å². The third kappa shape index (κ3) is 6.88. The van der Waals surface area contributed by atoms with Crippen LogP contribution in [-0.2, 0) is 0 Å². The highest BCUT2D eigenvalue weighted by atomic mass is 35.5. The number of aromatic hydroxyl groups is 1. The third-order valence-corrected chi connectivity index (χ3v) is 7.35. The Kier molecular flexibility index (Phi) is 10.7. The minimum Gasteiger partial charge on any atom is -0.504 e. The number of benzene rings is 4. The minimum absolute atomic E-state index is 0. The normalized spacial score (nSPS) is 11.4. The Balaban J connectivity index is 0.000000197. The van der Waals surface area contributed by atoms with Gasteiger partial charge in [-0.1, -0.05) is 78.9 Å². The van der Waals surface area contributed by atoms with Crippen molar-refractivity contribution in [2.24, 2.45) is 0 Å². The van der Waals surface area contributed by atoms with Gasteiger partial charge in [-0.25, -0.2) is 0 Å². The highest BCUT2D eigenvalue weighted by Crippen LogP contribution is 2.35. The third-order valence-electron chi connectivity index (χ3n) is 7.35. The number of fused-ring (bicyclic) bond motifs is 3. The van der Waals surface area contributed by atoms with Crippen LogP contribution in [0.25, 0.3) is 39.8 Å². The molecule has 0 aliphatic heterocycles. The van der Waals surface area contributed by atoms with Crippen LogP contribution in [0.5, 0.6) is 17.2 Å². The number of halogens is 1. The van der Waals surface area contributed by atoms with Gasteiger partial charge in [0.05, 0.1) is 25.2 Å². The van der Waals surface area contributed by atoms with Gasteiger partial charge < -0.3 is 23.9 Å². The number of rotatable bonds is 6. The lowest BCUT2D eigenvalue weighted by Crippen LogP contribution is -2.12. The van der Waals surface area contributed by atoms with Crippen LogP contribution in [0.2, 0.25) is 0 Å². The molecule has 0 radical (unpaired) electrons. The van der Waals surface area contributed by atoms with E-state index in [0.29, 0.717) is 16.7 Å². The molecule has 226 valence electrons. The Morgan fingerprint density at radius 1 is 0.795 bits per heavy atom. The van der Waals surface area contributed by atoms with Crippen molar-refractivity contribution in [1.82, 2.24) is 4.90 Å². The van der Waals surface area contributed by atoms with E-state index in [4.69, 9.17) is 13.9 Å². The van der Waals surface area contributed by atoms with Gasteiger partial charge in [0.2, 0.25) is 11.2 Å². The molecule has 0 atom stereocenters. The average molecular weight is 610 g/mol. The van der Waals surface area contributed by atoms with E-state index < -0.39 is 0 Å². The summed E-state index contributed by atoms with van der Waals surface area (Å²) < 4.78 is 15.7. The second kappa shape index (κ2) is 14.6. The molecule has 0 bridgehead atoms. The van der Waals surface area contributed by atoms with Gasteiger partial charge in [0.15, 0.2) is 11.3 Å². The lowest BCUT2D eigenvalue weighted by atomic mass is 9.93. The molecule has 5 aromatic rings. The van der Waals surface area contributed by atoms with Gasteiger partial charge in [0.25, 0.3) is 0 Å². The van der Waals surface area contributed by atoms with Gasteiger partial charge in [-0.15, -0.1) is 12.4 Å². The topological polar surface area (TPSA) is 72.1 Å². The molecule has 0 unspecified atom stereocenters. The van der Waals surface area contributed by atoms with E-state index in [-0.39, 0.29) is 34.9 Å². The summed E-state index contributed by atoms with van der Waals surface area (Å²) in [5, 5.41) is 10.1. The molecule has 44 heavy (non-hydrogen) atoms. The number of hydrogen-bond acceptors (Lipinski definition) is 6. The molecule has 0 spiro atoms. The molecule has 0 saturated heterocycles. The number of hydrogen-bond donors (Lipinski definition) is 1. The molecular weight excluding hydrogens is 574 g/mol. The summed E-state index contributed by atoms with van der Waals surface area (Å²) in [7, 11) is 7.23. The van der Waals surface area contributed by atoms with Crippen LogP contribution >= 0.6 is 12.4 Å². The van der Waals surface area contributed by atoms with Crippen molar-refractivity contribution >= 4 is 41.1 Å². The molecular formula is C37H36ClNO5. The van der Waals surface area contributed by atoms with Crippen molar-refractivity contribution in [2.75, 3.05) is 34.9 Å². The van der Waals surface area contributed by atoms with Gasteiger partial charge in [0.1, 0.15) is 12.0 Å². The molecule has 0 fully saturated rings. The van der Waals surface area contributed by atoms with Gasteiger partial charge in [-0.05, 0) is 78.2 Å². The van der Waals surface area contributed by atoms with Crippen LogP contribution in [0.1, 0.15) is 28.7 Å². The smallest absolute Gasteiger partial charge is 0.204 e. The average Bonchev–Trinajstić information content (AvgIpc) is 3.18. The van der Waals surface area contributed by atoms with Gasteiger partial charge in [-0.3, -0.25) is 4.79 Å². The predicted molar refractivity (Wildman–Crippen MR) is 182 cm³/mol. The predicted octanol–water partition coefficient (Wildman–Crippen LogP) is 8.16. The van der Waals surface area contributed by atoms with E-state index in [0.717, 1.165) is 18.5 Å². The van der Waals surface area contributed by atoms with Gasteiger partial charge >= 0.3 is 0 Å². The highest BCUT2D eigenvalue weighted by Gasteiger charge is 2.16. The van der Waals surface area contributed by atoms with Crippen LogP contribution in [-0.4, -0.2) is 44.9 Å². The summed E-state index contributed by atoms with van der Waals surface area (Å²) in [6, 6.07) is 27.4. The molecule has 6 nitrogen and oxygen atoms in total. The molecule has 1 aliphatic rings. The van der Waals surface area contributed by atoms with Gasteiger partial charge in [-0.2, -0.15) is 0 Å². The van der Waals surface area contributed by atoms with Crippen molar-refractivity contribution in [3.05, 3.63) is 130 Å². The zero-order valence-corrected chi connectivity index (χ0v) is 26.1. The molecule has 1 N–H and O–H groups in total.